The third-order valence-electron chi connectivity index (χ3n) is 4.34. The van der Waals surface area contributed by atoms with Crippen LogP contribution in [0.2, 0.25) is 0 Å². The molecule has 2 aliphatic rings. The van der Waals surface area contributed by atoms with Crippen LogP contribution in [0.5, 0.6) is 0 Å². The summed E-state index contributed by atoms with van der Waals surface area (Å²) in [5.41, 5.74) is 0. The lowest BCUT2D eigenvalue weighted by atomic mass is 10.0. The molecule has 0 bridgehead atoms. The third kappa shape index (κ3) is 1.51. The molecule has 0 radical (unpaired) electrons. The smallest absolute Gasteiger partial charge is 0.136 e. The first-order valence-corrected chi connectivity index (χ1v) is 6.71. The first kappa shape index (κ1) is 10.3. The minimum atomic E-state index is 0.811. The maximum absolute atomic E-state index is 4.62. The molecule has 2 atom stereocenters. The predicted octanol–water partition coefficient (Wildman–Crippen LogP) is 1.89. The number of nitrogens with one attached hydrogen (secondary N) is 1. The quantitative estimate of drug-likeness (QED) is 0.823. The summed E-state index contributed by atoms with van der Waals surface area (Å²) in [6.07, 6.45) is 1.93. The van der Waals surface area contributed by atoms with Crippen LogP contribution in [0, 0.1) is 11.8 Å². The van der Waals surface area contributed by atoms with Gasteiger partial charge in [-0.15, -0.1) is 0 Å². The topological polar surface area (TPSA) is 28.2 Å². The number of anilines is 1. The number of benzene rings is 1. The van der Waals surface area contributed by atoms with Crippen molar-refractivity contribution >= 4 is 16.6 Å². The maximum atomic E-state index is 4.62. The molecule has 2 aromatic rings. The predicted molar refractivity (Wildman–Crippen MR) is 73.8 cm³/mol. The zero-order valence-electron chi connectivity index (χ0n) is 10.3. The largest absolute Gasteiger partial charge is 0.355 e. The van der Waals surface area contributed by atoms with E-state index in [9.17, 15) is 0 Å². The van der Waals surface area contributed by atoms with E-state index in [1.165, 1.54) is 29.7 Å². The van der Waals surface area contributed by atoms with E-state index < -0.39 is 0 Å². The van der Waals surface area contributed by atoms with E-state index >= 15 is 0 Å². The Kier molecular flexibility index (Phi) is 2.27. The molecule has 4 rings (SSSR count). The van der Waals surface area contributed by atoms with Gasteiger partial charge in [0, 0.05) is 37.8 Å². The molecule has 2 aliphatic heterocycles. The number of rotatable bonds is 1. The molecular weight excluding hydrogens is 222 g/mol. The van der Waals surface area contributed by atoms with Crippen LogP contribution in [0.4, 0.5) is 5.82 Å². The summed E-state index contributed by atoms with van der Waals surface area (Å²) < 4.78 is 0. The highest BCUT2D eigenvalue weighted by Gasteiger charge is 2.36. The van der Waals surface area contributed by atoms with Gasteiger partial charge in [0.15, 0.2) is 0 Å². The SMILES string of the molecule is c1ccc2c(N3CC4CNCC4C3)nccc2c1. The van der Waals surface area contributed by atoms with Crippen molar-refractivity contribution < 1.29 is 0 Å². The molecule has 0 saturated carbocycles. The molecule has 2 unspecified atom stereocenters. The Hall–Kier alpha value is -1.61. The summed E-state index contributed by atoms with van der Waals surface area (Å²) >= 11 is 0. The van der Waals surface area contributed by atoms with Crippen molar-refractivity contribution in [3.63, 3.8) is 0 Å². The van der Waals surface area contributed by atoms with Gasteiger partial charge in [-0.1, -0.05) is 24.3 Å². The number of fused-ring (bicyclic) bond motifs is 2. The van der Waals surface area contributed by atoms with Crippen LogP contribution in [0.1, 0.15) is 0 Å². The molecule has 0 amide bonds. The van der Waals surface area contributed by atoms with E-state index in [-0.39, 0.29) is 0 Å². The number of hydrogen-bond donors (Lipinski definition) is 1. The zero-order valence-corrected chi connectivity index (χ0v) is 10.3. The molecule has 2 saturated heterocycles. The van der Waals surface area contributed by atoms with Crippen molar-refractivity contribution in [2.45, 2.75) is 0 Å². The van der Waals surface area contributed by atoms with Gasteiger partial charge in [-0.25, -0.2) is 4.98 Å². The highest BCUT2D eigenvalue weighted by atomic mass is 15.2. The van der Waals surface area contributed by atoms with Gasteiger partial charge in [-0.05, 0) is 23.3 Å². The van der Waals surface area contributed by atoms with Gasteiger partial charge in [0.05, 0.1) is 0 Å². The minimum Gasteiger partial charge on any atom is -0.355 e. The van der Waals surface area contributed by atoms with Gasteiger partial charge in [0.1, 0.15) is 5.82 Å². The summed E-state index contributed by atoms with van der Waals surface area (Å²) in [7, 11) is 0. The first-order valence-electron chi connectivity index (χ1n) is 6.71. The van der Waals surface area contributed by atoms with Crippen molar-refractivity contribution in [3.8, 4) is 0 Å². The van der Waals surface area contributed by atoms with E-state index in [1.54, 1.807) is 0 Å². The van der Waals surface area contributed by atoms with Crippen molar-refractivity contribution in [1.82, 2.24) is 10.3 Å². The van der Waals surface area contributed by atoms with E-state index in [1.807, 2.05) is 6.20 Å². The molecule has 0 spiro atoms. The van der Waals surface area contributed by atoms with Crippen LogP contribution in [-0.2, 0) is 0 Å². The summed E-state index contributed by atoms with van der Waals surface area (Å²) in [6, 6.07) is 10.6. The van der Waals surface area contributed by atoms with Gasteiger partial charge in [-0.2, -0.15) is 0 Å². The third-order valence-corrected chi connectivity index (χ3v) is 4.34. The second kappa shape index (κ2) is 3.95. The molecule has 1 aromatic carbocycles. The molecule has 3 heterocycles. The summed E-state index contributed by atoms with van der Waals surface area (Å²) in [5.74, 6) is 2.79. The number of aromatic nitrogens is 1. The van der Waals surface area contributed by atoms with Crippen LogP contribution < -0.4 is 10.2 Å². The van der Waals surface area contributed by atoms with Crippen LogP contribution in [0.25, 0.3) is 10.8 Å². The molecule has 3 heteroatoms. The van der Waals surface area contributed by atoms with Gasteiger partial charge < -0.3 is 10.2 Å². The van der Waals surface area contributed by atoms with Gasteiger partial charge in [-0.3, -0.25) is 0 Å². The Morgan fingerprint density at radius 3 is 2.67 bits per heavy atom. The second-order valence-electron chi connectivity index (χ2n) is 5.44. The lowest BCUT2D eigenvalue weighted by molar-refractivity contribution is 0.533. The van der Waals surface area contributed by atoms with Gasteiger partial charge in [0.25, 0.3) is 0 Å². The molecular formula is C15H17N3. The van der Waals surface area contributed by atoms with Crippen molar-refractivity contribution in [1.29, 1.82) is 0 Å². The van der Waals surface area contributed by atoms with Crippen LogP contribution >= 0.6 is 0 Å². The average molecular weight is 239 g/mol. The summed E-state index contributed by atoms with van der Waals surface area (Å²) in [6.45, 7) is 4.65. The fraction of sp³-hybridized carbons (Fsp3) is 0.400. The molecule has 18 heavy (non-hydrogen) atoms. The van der Waals surface area contributed by atoms with Crippen molar-refractivity contribution in [3.05, 3.63) is 36.5 Å². The normalized spacial score (nSPS) is 26.8. The Bertz CT molecular complexity index is 563. The molecule has 0 aliphatic carbocycles. The summed E-state index contributed by atoms with van der Waals surface area (Å²) in [5, 5.41) is 6.06. The van der Waals surface area contributed by atoms with Crippen LogP contribution in [-0.4, -0.2) is 31.2 Å². The molecule has 1 aromatic heterocycles. The zero-order chi connectivity index (χ0) is 11.9. The van der Waals surface area contributed by atoms with Crippen molar-refractivity contribution in [2.24, 2.45) is 11.8 Å². The fourth-order valence-corrected chi connectivity index (χ4v) is 3.38. The highest BCUT2D eigenvalue weighted by molar-refractivity contribution is 5.92. The molecule has 2 fully saturated rings. The maximum Gasteiger partial charge on any atom is 0.136 e. The molecule has 92 valence electrons. The van der Waals surface area contributed by atoms with Crippen LogP contribution in [0.3, 0.4) is 0 Å². The second-order valence-corrected chi connectivity index (χ2v) is 5.44. The number of hydrogen-bond acceptors (Lipinski definition) is 3. The number of pyridine rings is 1. The molecule has 3 nitrogen and oxygen atoms in total. The monoisotopic (exact) mass is 239 g/mol. The molecule has 1 N–H and O–H groups in total. The Morgan fingerprint density at radius 1 is 1.06 bits per heavy atom. The lowest BCUT2D eigenvalue weighted by Gasteiger charge is -2.20. The van der Waals surface area contributed by atoms with Crippen LogP contribution in [0.15, 0.2) is 36.5 Å². The van der Waals surface area contributed by atoms with Gasteiger partial charge in [0.2, 0.25) is 0 Å². The Labute approximate surface area is 107 Å². The van der Waals surface area contributed by atoms with E-state index in [4.69, 9.17) is 0 Å². The average Bonchev–Trinajstić information content (AvgIpc) is 2.99. The van der Waals surface area contributed by atoms with E-state index in [2.05, 4.69) is 45.5 Å². The first-order chi connectivity index (χ1) is 8.92. The summed E-state index contributed by atoms with van der Waals surface area (Å²) in [4.78, 5) is 7.09. The Morgan fingerprint density at radius 2 is 1.83 bits per heavy atom. The number of nitrogens with zero attached hydrogens (tertiary/aromatic N) is 2. The fourth-order valence-electron chi connectivity index (χ4n) is 3.38. The lowest BCUT2D eigenvalue weighted by Crippen LogP contribution is -2.26. The minimum absolute atomic E-state index is 0.811. The Balaban J connectivity index is 1.75. The van der Waals surface area contributed by atoms with E-state index in [0.29, 0.717) is 0 Å². The highest BCUT2D eigenvalue weighted by Crippen LogP contribution is 2.32. The van der Waals surface area contributed by atoms with E-state index in [0.717, 1.165) is 24.9 Å². The van der Waals surface area contributed by atoms with Crippen molar-refractivity contribution in [2.75, 3.05) is 31.1 Å². The standard InChI is InChI=1S/C15H17N3/c1-2-4-14-11(3-1)5-6-17-15(14)18-9-12-7-16-8-13(12)10-18/h1-6,12-13,16H,7-10H2. The van der Waals surface area contributed by atoms with Gasteiger partial charge >= 0.3 is 0 Å².